The first-order valence-corrected chi connectivity index (χ1v) is 13.3. The fourth-order valence-electron chi connectivity index (χ4n) is 5.42. The van der Waals surface area contributed by atoms with Crippen LogP contribution in [0.5, 0.6) is 11.5 Å². The third-order valence-electron chi connectivity index (χ3n) is 7.24. The monoisotopic (exact) mass is 493 g/mol. The molecule has 2 aliphatic rings. The van der Waals surface area contributed by atoms with Gasteiger partial charge in [-0.05, 0) is 47.9 Å². The van der Waals surface area contributed by atoms with Crippen LogP contribution >= 0.6 is 0 Å². The summed E-state index contributed by atoms with van der Waals surface area (Å²) in [5, 5.41) is 10.2. The van der Waals surface area contributed by atoms with Gasteiger partial charge in [0.05, 0.1) is 7.11 Å². The molecule has 2 heterocycles. The summed E-state index contributed by atoms with van der Waals surface area (Å²) in [6.07, 6.45) is 0. The van der Waals surface area contributed by atoms with E-state index in [-0.39, 0.29) is 22.0 Å². The number of ether oxygens (including phenoxy) is 1. The number of hydrogen-bond acceptors (Lipinski definition) is 6. The molecule has 184 valence electrons. The minimum absolute atomic E-state index is 0.00354. The number of nitrogens with one attached hydrogen (secondary N) is 1. The van der Waals surface area contributed by atoms with E-state index in [4.69, 9.17) is 4.74 Å². The first kappa shape index (κ1) is 23.8. The molecule has 2 atom stereocenters. The van der Waals surface area contributed by atoms with Crippen molar-refractivity contribution >= 4 is 16.1 Å². The van der Waals surface area contributed by atoms with E-state index in [1.165, 1.54) is 12.8 Å². The topological polar surface area (TPSA) is 88.1 Å². The van der Waals surface area contributed by atoms with E-state index < -0.39 is 10.4 Å². The number of rotatable bonds is 8. The molecular formula is C27H31N3O4S. The van der Waals surface area contributed by atoms with Crippen LogP contribution < -0.4 is 14.4 Å². The average Bonchev–Trinajstić information content (AvgIpc) is 3.21. The molecule has 0 bridgehead atoms. The highest BCUT2D eigenvalue weighted by atomic mass is 32.3. The molecule has 2 saturated heterocycles. The Kier molecular flexibility index (Phi) is 6.55. The molecule has 1 spiro atoms. The van der Waals surface area contributed by atoms with Crippen LogP contribution in [0.4, 0.5) is 5.69 Å². The number of hydrogen-bond donors (Lipinski definition) is 2. The van der Waals surface area contributed by atoms with Crippen LogP contribution in [0.3, 0.4) is 0 Å². The van der Waals surface area contributed by atoms with Crippen LogP contribution in [0, 0.1) is 11.3 Å². The number of aromatic hydroxyl groups is 1. The SMILES string of the molecule is COc1ccc(CN2CC(CN[S+](=O)([O-])c3ccccc3)C3(C2)CN(c2ccccc2)C3)cc1O. The van der Waals surface area contributed by atoms with Gasteiger partial charge < -0.3 is 19.3 Å². The third kappa shape index (κ3) is 4.92. The summed E-state index contributed by atoms with van der Waals surface area (Å²) in [5.41, 5.74) is 2.20. The summed E-state index contributed by atoms with van der Waals surface area (Å²) in [4.78, 5) is 5.02. The predicted octanol–water partition coefficient (Wildman–Crippen LogP) is 3.53. The molecule has 3 aromatic carbocycles. The number of likely N-dealkylation sites (tertiary alicyclic amines) is 1. The molecule has 2 unspecified atom stereocenters. The molecule has 3 aromatic rings. The molecule has 2 fully saturated rings. The number of benzene rings is 3. The fourth-order valence-corrected chi connectivity index (χ4v) is 6.53. The first-order valence-electron chi connectivity index (χ1n) is 11.8. The summed E-state index contributed by atoms with van der Waals surface area (Å²) < 4.78 is 33.8. The van der Waals surface area contributed by atoms with Gasteiger partial charge >= 0.3 is 0 Å². The molecule has 0 aromatic heterocycles. The smallest absolute Gasteiger partial charge is 0.175 e. The van der Waals surface area contributed by atoms with Crippen LogP contribution in [-0.4, -0.2) is 54.4 Å². The Bertz CT molecular complexity index is 1200. The lowest BCUT2D eigenvalue weighted by Gasteiger charge is -2.52. The van der Waals surface area contributed by atoms with Crippen molar-refractivity contribution in [2.75, 3.05) is 44.7 Å². The number of methoxy groups -OCH3 is 1. The standard InChI is InChI=1S/C27H31N3O4S/c1-34-26-13-12-21(14-25(26)31)16-29-17-22(15-28-35(32,33)24-10-6-3-7-11-24)27(18-29)19-30(20-27)23-8-4-2-5-9-23/h2-14,22H,15-20H2,1H3,(H2-,28,31,32,33). The molecule has 0 radical (unpaired) electrons. The maximum absolute atomic E-state index is 12.9. The lowest BCUT2D eigenvalue weighted by molar-refractivity contribution is 0.157. The minimum Gasteiger partial charge on any atom is -0.593 e. The maximum atomic E-state index is 12.9. The van der Waals surface area contributed by atoms with Gasteiger partial charge in [-0.1, -0.05) is 46.7 Å². The van der Waals surface area contributed by atoms with Gasteiger partial charge in [-0.15, -0.1) is 4.72 Å². The highest BCUT2D eigenvalue weighted by molar-refractivity contribution is 7.95. The molecule has 5 rings (SSSR count). The lowest BCUT2D eigenvalue weighted by Crippen LogP contribution is -2.62. The molecule has 0 amide bonds. The summed E-state index contributed by atoms with van der Waals surface area (Å²) >= 11 is 0. The van der Waals surface area contributed by atoms with E-state index in [1.54, 1.807) is 36.4 Å². The molecule has 0 saturated carbocycles. The Labute approximate surface area is 207 Å². The van der Waals surface area contributed by atoms with E-state index >= 15 is 0 Å². The predicted molar refractivity (Wildman–Crippen MR) is 136 cm³/mol. The van der Waals surface area contributed by atoms with Crippen molar-refractivity contribution in [1.82, 2.24) is 9.62 Å². The van der Waals surface area contributed by atoms with E-state index in [2.05, 4.69) is 26.7 Å². The quantitative estimate of drug-likeness (QED) is 0.467. The van der Waals surface area contributed by atoms with Crippen LogP contribution in [0.2, 0.25) is 0 Å². The Balaban J connectivity index is 1.31. The Morgan fingerprint density at radius 2 is 1.74 bits per heavy atom. The van der Waals surface area contributed by atoms with Gasteiger partial charge in [-0.3, -0.25) is 4.90 Å². The summed E-state index contributed by atoms with van der Waals surface area (Å²) in [7, 11) is -2.03. The van der Waals surface area contributed by atoms with Crippen molar-refractivity contribution in [1.29, 1.82) is 0 Å². The van der Waals surface area contributed by atoms with Crippen molar-refractivity contribution in [3.05, 3.63) is 84.4 Å². The van der Waals surface area contributed by atoms with Gasteiger partial charge in [0.25, 0.3) is 0 Å². The molecule has 0 aliphatic carbocycles. The van der Waals surface area contributed by atoms with Crippen molar-refractivity contribution < 1.29 is 18.6 Å². The Morgan fingerprint density at radius 1 is 1.06 bits per heavy atom. The van der Waals surface area contributed by atoms with Gasteiger partial charge in [0.2, 0.25) is 0 Å². The van der Waals surface area contributed by atoms with E-state index in [9.17, 15) is 13.9 Å². The molecule has 2 N–H and O–H groups in total. The number of nitrogens with zero attached hydrogens (tertiary/aromatic N) is 2. The maximum Gasteiger partial charge on any atom is 0.175 e. The van der Waals surface area contributed by atoms with Crippen LogP contribution in [0.1, 0.15) is 5.56 Å². The molecular weight excluding hydrogens is 462 g/mol. The van der Waals surface area contributed by atoms with Crippen molar-refractivity contribution in [2.45, 2.75) is 11.4 Å². The second-order valence-electron chi connectivity index (χ2n) is 9.59. The van der Waals surface area contributed by atoms with Crippen LogP contribution in [0.25, 0.3) is 0 Å². The van der Waals surface area contributed by atoms with Crippen molar-refractivity contribution in [3.63, 3.8) is 0 Å². The van der Waals surface area contributed by atoms with E-state index in [0.29, 0.717) is 18.8 Å². The van der Waals surface area contributed by atoms with Gasteiger partial charge in [-0.25, -0.2) is 0 Å². The average molecular weight is 494 g/mol. The zero-order chi connectivity index (χ0) is 24.5. The lowest BCUT2D eigenvalue weighted by atomic mass is 9.71. The summed E-state index contributed by atoms with van der Waals surface area (Å²) in [5.74, 6) is 0.759. The van der Waals surface area contributed by atoms with Crippen LogP contribution in [-0.2, 0) is 21.2 Å². The number of phenols is 1. The molecule has 35 heavy (non-hydrogen) atoms. The second kappa shape index (κ2) is 9.62. The Hall–Kier alpha value is -2.91. The number of para-hydroxylation sites is 1. The normalized spacial score (nSPS) is 21.0. The Morgan fingerprint density at radius 3 is 2.40 bits per heavy atom. The largest absolute Gasteiger partial charge is 0.593 e. The molecule has 8 heteroatoms. The number of sulfonamides is 1. The van der Waals surface area contributed by atoms with Gasteiger partial charge in [0.1, 0.15) is 0 Å². The summed E-state index contributed by atoms with van der Waals surface area (Å²) in [6, 6.07) is 24.4. The molecule has 7 nitrogen and oxygen atoms in total. The minimum atomic E-state index is -3.57. The van der Waals surface area contributed by atoms with Crippen molar-refractivity contribution in [3.8, 4) is 11.5 Å². The second-order valence-corrected chi connectivity index (χ2v) is 11.4. The van der Waals surface area contributed by atoms with E-state index in [1.807, 2.05) is 30.3 Å². The van der Waals surface area contributed by atoms with Crippen molar-refractivity contribution in [2.24, 2.45) is 11.3 Å². The van der Waals surface area contributed by atoms with Crippen LogP contribution in [0.15, 0.2) is 83.8 Å². The summed E-state index contributed by atoms with van der Waals surface area (Å²) in [6.45, 7) is 4.52. The van der Waals surface area contributed by atoms with Gasteiger partial charge in [0.15, 0.2) is 26.8 Å². The number of anilines is 1. The fraction of sp³-hybridized carbons (Fsp3) is 0.333. The zero-order valence-corrected chi connectivity index (χ0v) is 20.6. The zero-order valence-electron chi connectivity index (χ0n) is 19.8. The first-order chi connectivity index (χ1) is 16.9. The van der Waals surface area contributed by atoms with Gasteiger partial charge in [-0.2, -0.15) is 0 Å². The molecule has 2 aliphatic heterocycles. The third-order valence-corrected chi connectivity index (χ3v) is 8.68. The van der Waals surface area contributed by atoms with Gasteiger partial charge in [0, 0.05) is 50.4 Å². The van der Waals surface area contributed by atoms with E-state index in [0.717, 1.165) is 31.7 Å². The number of phenolic OH excluding ortho intramolecular Hbond substituents is 1. The highest BCUT2D eigenvalue weighted by Gasteiger charge is 2.54. The highest BCUT2D eigenvalue weighted by Crippen LogP contribution is 2.46.